The van der Waals surface area contributed by atoms with Crippen LogP contribution in [0.4, 0.5) is 5.69 Å². The second-order valence-corrected chi connectivity index (χ2v) is 9.36. The summed E-state index contributed by atoms with van der Waals surface area (Å²) in [6, 6.07) is 12.5. The maximum atomic E-state index is 13.2. The number of halogens is 1. The van der Waals surface area contributed by atoms with Crippen LogP contribution in [-0.4, -0.2) is 34.6 Å². The van der Waals surface area contributed by atoms with E-state index in [9.17, 15) is 13.2 Å². The van der Waals surface area contributed by atoms with Gasteiger partial charge >= 0.3 is 5.97 Å². The van der Waals surface area contributed by atoms with Gasteiger partial charge in [0.2, 0.25) is 0 Å². The molecule has 0 spiro atoms. The molecule has 2 aromatic rings. The minimum Gasteiger partial charge on any atom is -0.466 e. The summed E-state index contributed by atoms with van der Waals surface area (Å²) in [5.74, 6) is -0.225. The molecule has 6 nitrogen and oxygen atoms in total. The van der Waals surface area contributed by atoms with Gasteiger partial charge in [-0.1, -0.05) is 40.2 Å². The van der Waals surface area contributed by atoms with E-state index in [1.165, 1.54) is 4.31 Å². The van der Waals surface area contributed by atoms with E-state index in [2.05, 4.69) is 21.2 Å². The van der Waals surface area contributed by atoms with Crippen molar-refractivity contribution in [1.82, 2.24) is 5.32 Å². The Morgan fingerprint density at radius 1 is 1.21 bits per heavy atom. The molecule has 8 heteroatoms. The van der Waals surface area contributed by atoms with Crippen molar-refractivity contribution in [2.75, 3.05) is 24.5 Å². The van der Waals surface area contributed by atoms with Gasteiger partial charge in [0, 0.05) is 17.9 Å². The molecular weight excluding hydrogens is 444 g/mol. The number of fused-ring (bicyclic) bond motifs is 2. The molecule has 1 aliphatic heterocycles. The molecule has 0 saturated carbocycles. The smallest absolute Gasteiger partial charge is 0.305 e. The molecule has 1 unspecified atom stereocenters. The first kappa shape index (κ1) is 20.8. The minimum atomic E-state index is -3.69. The van der Waals surface area contributed by atoms with E-state index >= 15 is 0 Å². The van der Waals surface area contributed by atoms with Crippen LogP contribution in [0.1, 0.15) is 36.9 Å². The van der Waals surface area contributed by atoms with Crippen LogP contribution in [0.2, 0.25) is 0 Å². The molecule has 1 N–H and O–H groups in total. The van der Waals surface area contributed by atoms with E-state index < -0.39 is 10.0 Å². The van der Waals surface area contributed by atoms with Crippen LogP contribution < -0.4 is 9.62 Å². The molecule has 1 heterocycles. The van der Waals surface area contributed by atoms with Crippen LogP contribution in [-0.2, 0) is 19.6 Å². The third-order valence-corrected chi connectivity index (χ3v) is 7.04. The normalized spacial score (nSPS) is 17.4. The van der Waals surface area contributed by atoms with E-state index in [1.807, 2.05) is 30.3 Å². The molecule has 0 saturated heterocycles. The summed E-state index contributed by atoms with van der Waals surface area (Å²) in [5, 5.41) is 3.44. The fourth-order valence-electron chi connectivity index (χ4n) is 3.37. The molecule has 0 radical (unpaired) electrons. The third-order valence-electron chi connectivity index (χ3n) is 4.72. The highest BCUT2D eigenvalue weighted by atomic mass is 79.9. The van der Waals surface area contributed by atoms with Crippen LogP contribution in [0.3, 0.4) is 0 Å². The number of anilines is 1. The summed E-state index contributed by atoms with van der Waals surface area (Å²) in [6.45, 7) is 2.70. The van der Waals surface area contributed by atoms with Crippen LogP contribution in [0.25, 0.3) is 0 Å². The number of nitrogens with zero attached hydrogens (tertiary/aromatic N) is 1. The SMILES string of the molecule is CCOC(=O)CCCNC1c2ccccc2N(C)S(=O)(=O)c2cc(Br)ccc21. The van der Waals surface area contributed by atoms with Crippen molar-refractivity contribution in [3.05, 3.63) is 58.1 Å². The first-order valence-electron chi connectivity index (χ1n) is 9.12. The van der Waals surface area contributed by atoms with E-state index in [1.54, 1.807) is 26.1 Å². The van der Waals surface area contributed by atoms with Crippen LogP contribution >= 0.6 is 15.9 Å². The Hall–Kier alpha value is -1.90. The molecular formula is C20H23BrN2O4S. The Balaban J connectivity index is 1.97. The van der Waals surface area contributed by atoms with Gasteiger partial charge in [-0.2, -0.15) is 0 Å². The first-order chi connectivity index (χ1) is 13.4. The summed E-state index contributed by atoms with van der Waals surface area (Å²) in [4.78, 5) is 11.8. The molecule has 3 rings (SSSR count). The third kappa shape index (κ3) is 4.09. The minimum absolute atomic E-state index is 0.225. The molecule has 28 heavy (non-hydrogen) atoms. The fourth-order valence-corrected chi connectivity index (χ4v) is 5.36. The molecule has 0 bridgehead atoms. The van der Waals surface area contributed by atoms with Gasteiger partial charge in [-0.05, 0) is 49.2 Å². The quantitative estimate of drug-likeness (QED) is 0.519. The zero-order valence-electron chi connectivity index (χ0n) is 15.8. The molecule has 0 amide bonds. The summed E-state index contributed by atoms with van der Waals surface area (Å²) in [5.41, 5.74) is 2.21. The largest absolute Gasteiger partial charge is 0.466 e. The van der Waals surface area contributed by atoms with Crippen molar-refractivity contribution in [3.8, 4) is 0 Å². The average Bonchev–Trinajstić information content (AvgIpc) is 2.73. The zero-order valence-corrected chi connectivity index (χ0v) is 18.2. The number of para-hydroxylation sites is 1. The van der Waals surface area contributed by atoms with Gasteiger partial charge in [0.15, 0.2) is 0 Å². The number of ether oxygens (including phenoxy) is 1. The Morgan fingerprint density at radius 2 is 1.96 bits per heavy atom. The summed E-state index contributed by atoms with van der Waals surface area (Å²) in [6.07, 6.45) is 0.923. The number of carbonyl (C=O) groups is 1. The number of hydrogen-bond acceptors (Lipinski definition) is 5. The lowest BCUT2D eigenvalue weighted by Crippen LogP contribution is -2.26. The van der Waals surface area contributed by atoms with Gasteiger partial charge in [0.25, 0.3) is 10.0 Å². The fraction of sp³-hybridized carbons (Fsp3) is 0.350. The molecule has 0 aromatic heterocycles. The average molecular weight is 467 g/mol. The topological polar surface area (TPSA) is 75.7 Å². The van der Waals surface area contributed by atoms with E-state index in [0.29, 0.717) is 41.7 Å². The van der Waals surface area contributed by atoms with Gasteiger partial charge in [-0.15, -0.1) is 0 Å². The van der Waals surface area contributed by atoms with E-state index in [0.717, 1.165) is 5.56 Å². The summed E-state index contributed by atoms with van der Waals surface area (Å²) >= 11 is 3.38. The van der Waals surface area contributed by atoms with Crippen molar-refractivity contribution in [3.63, 3.8) is 0 Å². The lowest BCUT2D eigenvalue weighted by Gasteiger charge is -2.22. The van der Waals surface area contributed by atoms with Crippen LogP contribution in [0.15, 0.2) is 51.8 Å². The molecule has 1 aliphatic rings. The molecule has 0 aliphatic carbocycles. The Kier molecular flexibility index (Phi) is 6.42. The standard InChI is InChI=1S/C20H23BrN2O4S/c1-3-27-19(24)9-6-12-22-20-15-7-4-5-8-17(15)23(2)28(25,26)18-13-14(21)10-11-16(18)20/h4-5,7-8,10-11,13,20,22H,3,6,9,12H2,1-2H3. The highest BCUT2D eigenvalue weighted by Crippen LogP contribution is 2.40. The Morgan fingerprint density at radius 3 is 2.71 bits per heavy atom. The second kappa shape index (κ2) is 8.63. The summed E-state index contributed by atoms with van der Waals surface area (Å²) in [7, 11) is -2.12. The summed E-state index contributed by atoms with van der Waals surface area (Å²) < 4.78 is 33.4. The highest BCUT2D eigenvalue weighted by Gasteiger charge is 2.34. The van der Waals surface area contributed by atoms with Crippen molar-refractivity contribution in [1.29, 1.82) is 0 Å². The highest BCUT2D eigenvalue weighted by molar-refractivity contribution is 9.10. The van der Waals surface area contributed by atoms with Gasteiger partial charge < -0.3 is 10.1 Å². The number of hydrogen-bond donors (Lipinski definition) is 1. The Labute approximate surface area is 174 Å². The second-order valence-electron chi connectivity index (χ2n) is 6.51. The lowest BCUT2D eigenvalue weighted by molar-refractivity contribution is -0.143. The molecule has 1 atom stereocenters. The van der Waals surface area contributed by atoms with Crippen LogP contribution in [0.5, 0.6) is 0 Å². The maximum absolute atomic E-state index is 13.2. The molecule has 150 valence electrons. The predicted molar refractivity (Wildman–Crippen MR) is 112 cm³/mol. The lowest BCUT2D eigenvalue weighted by atomic mass is 9.96. The van der Waals surface area contributed by atoms with Crippen molar-refractivity contribution in [2.24, 2.45) is 0 Å². The van der Waals surface area contributed by atoms with Crippen molar-refractivity contribution >= 4 is 37.6 Å². The monoisotopic (exact) mass is 466 g/mol. The van der Waals surface area contributed by atoms with Gasteiger partial charge in [0.05, 0.1) is 23.2 Å². The van der Waals surface area contributed by atoms with Gasteiger partial charge in [0.1, 0.15) is 0 Å². The number of nitrogens with one attached hydrogen (secondary N) is 1. The van der Waals surface area contributed by atoms with Crippen LogP contribution in [0, 0.1) is 0 Å². The van der Waals surface area contributed by atoms with Gasteiger partial charge in [-0.25, -0.2) is 8.42 Å². The maximum Gasteiger partial charge on any atom is 0.305 e. The number of esters is 1. The molecule has 2 aromatic carbocycles. The van der Waals surface area contributed by atoms with Gasteiger partial charge in [-0.3, -0.25) is 9.10 Å². The number of benzene rings is 2. The first-order valence-corrected chi connectivity index (χ1v) is 11.4. The Bertz CT molecular complexity index is 978. The van der Waals surface area contributed by atoms with E-state index in [4.69, 9.17) is 4.74 Å². The molecule has 0 fully saturated rings. The number of carbonyl (C=O) groups excluding carboxylic acids is 1. The zero-order chi connectivity index (χ0) is 20.3. The van der Waals surface area contributed by atoms with Crippen molar-refractivity contribution < 1.29 is 17.9 Å². The van der Waals surface area contributed by atoms with E-state index in [-0.39, 0.29) is 16.9 Å². The van der Waals surface area contributed by atoms with Crippen molar-refractivity contribution in [2.45, 2.75) is 30.7 Å². The number of rotatable bonds is 6. The number of sulfonamides is 1. The predicted octanol–water partition coefficient (Wildman–Crippen LogP) is 3.61.